The smallest absolute Gasteiger partial charge is 0.169 e. The maximum absolute atomic E-state index is 6.23. The topological polar surface area (TPSA) is 18.5 Å². The summed E-state index contributed by atoms with van der Waals surface area (Å²) in [5, 5.41) is 4.96. The van der Waals surface area contributed by atoms with E-state index in [2.05, 4.69) is 35.0 Å². The van der Waals surface area contributed by atoms with Crippen LogP contribution < -0.4 is 10.2 Å². The lowest BCUT2D eigenvalue weighted by molar-refractivity contribution is 0.377. The number of hydrogen-bond acceptors (Lipinski definition) is 2. The third kappa shape index (κ3) is 3.74. The summed E-state index contributed by atoms with van der Waals surface area (Å²) in [5.41, 5.74) is 1.12. The molecule has 1 aromatic rings. The zero-order valence-electron chi connectivity index (χ0n) is 11.4. The summed E-state index contributed by atoms with van der Waals surface area (Å²) >= 11 is 11.6. The van der Waals surface area contributed by atoms with E-state index in [-0.39, 0.29) is 0 Å². The maximum atomic E-state index is 6.23. The van der Waals surface area contributed by atoms with Crippen molar-refractivity contribution in [2.75, 3.05) is 31.1 Å². The van der Waals surface area contributed by atoms with Gasteiger partial charge in [0.1, 0.15) is 0 Å². The normalized spacial score (nSPS) is 15.8. The number of halogens is 1. The molecule has 0 atom stereocenters. The number of anilines is 1. The van der Waals surface area contributed by atoms with Crippen molar-refractivity contribution in [1.29, 1.82) is 0 Å². The lowest BCUT2D eigenvalue weighted by atomic mass is 10.2. The van der Waals surface area contributed by atoms with Crippen LogP contribution in [-0.2, 0) is 0 Å². The number of benzene rings is 1. The Kier molecular flexibility index (Phi) is 4.88. The second-order valence-corrected chi connectivity index (χ2v) is 5.82. The molecule has 5 heteroatoms. The van der Waals surface area contributed by atoms with Crippen LogP contribution in [0.2, 0.25) is 5.02 Å². The van der Waals surface area contributed by atoms with Crippen LogP contribution in [0.15, 0.2) is 24.3 Å². The van der Waals surface area contributed by atoms with E-state index in [4.69, 9.17) is 23.8 Å². The SMILES string of the molecule is CC(C)NC(=S)N1CCN(c2ccccc2Cl)CC1. The first kappa shape index (κ1) is 14.4. The quantitative estimate of drug-likeness (QED) is 0.846. The van der Waals surface area contributed by atoms with Gasteiger partial charge >= 0.3 is 0 Å². The van der Waals surface area contributed by atoms with E-state index in [0.717, 1.165) is 42.0 Å². The van der Waals surface area contributed by atoms with Gasteiger partial charge in [0.2, 0.25) is 0 Å². The van der Waals surface area contributed by atoms with Gasteiger partial charge in [-0.1, -0.05) is 23.7 Å². The summed E-state index contributed by atoms with van der Waals surface area (Å²) in [6, 6.07) is 8.38. The molecular formula is C14H20ClN3S. The monoisotopic (exact) mass is 297 g/mol. The Morgan fingerprint density at radius 3 is 2.42 bits per heavy atom. The van der Waals surface area contributed by atoms with Crippen LogP contribution in [0.4, 0.5) is 5.69 Å². The molecule has 1 saturated heterocycles. The predicted octanol–water partition coefficient (Wildman–Crippen LogP) is 2.74. The first-order valence-corrected chi connectivity index (χ1v) is 7.41. The van der Waals surface area contributed by atoms with Gasteiger partial charge in [0.25, 0.3) is 0 Å². The maximum Gasteiger partial charge on any atom is 0.169 e. The number of para-hydroxylation sites is 1. The molecule has 0 aromatic heterocycles. The van der Waals surface area contributed by atoms with Gasteiger partial charge in [0.15, 0.2) is 5.11 Å². The third-order valence-corrected chi connectivity index (χ3v) is 3.87. The molecule has 0 aliphatic carbocycles. The van der Waals surface area contributed by atoms with Gasteiger partial charge in [0.05, 0.1) is 10.7 Å². The number of rotatable bonds is 2. The Balaban J connectivity index is 1.93. The lowest BCUT2D eigenvalue weighted by Gasteiger charge is -2.38. The predicted molar refractivity (Wildman–Crippen MR) is 86.1 cm³/mol. The van der Waals surface area contributed by atoms with Crippen molar-refractivity contribution < 1.29 is 0 Å². The Hall–Kier alpha value is -1.00. The highest BCUT2D eigenvalue weighted by atomic mass is 35.5. The standard InChI is InChI=1S/C14H20ClN3S/c1-11(2)16-14(19)18-9-7-17(8-10-18)13-6-4-3-5-12(13)15/h3-6,11H,7-10H2,1-2H3,(H,16,19). The Labute approximate surface area is 125 Å². The minimum Gasteiger partial charge on any atom is -0.367 e. The van der Waals surface area contributed by atoms with Crippen molar-refractivity contribution in [1.82, 2.24) is 10.2 Å². The van der Waals surface area contributed by atoms with E-state index in [0.29, 0.717) is 6.04 Å². The molecule has 19 heavy (non-hydrogen) atoms. The Morgan fingerprint density at radius 2 is 1.84 bits per heavy atom. The minimum absolute atomic E-state index is 0.383. The summed E-state index contributed by atoms with van der Waals surface area (Å²) in [6.07, 6.45) is 0. The van der Waals surface area contributed by atoms with Crippen LogP contribution in [0.25, 0.3) is 0 Å². The molecule has 0 unspecified atom stereocenters. The molecule has 0 saturated carbocycles. The summed E-state index contributed by atoms with van der Waals surface area (Å²) < 4.78 is 0. The molecule has 0 amide bonds. The summed E-state index contributed by atoms with van der Waals surface area (Å²) in [4.78, 5) is 4.54. The van der Waals surface area contributed by atoms with Gasteiger partial charge in [-0.15, -0.1) is 0 Å². The Morgan fingerprint density at radius 1 is 1.21 bits per heavy atom. The van der Waals surface area contributed by atoms with E-state index in [1.807, 2.05) is 18.2 Å². The fourth-order valence-corrected chi connectivity index (χ4v) is 2.87. The second-order valence-electron chi connectivity index (χ2n) is 5.03. The van der Waals surface area contributed by atoms with Gasteiger partial charge in [-0.2, -0.15) is 0 Å². The number of nitrogens with zero attached hydrogens (tertiary/aromatic N) is 2. The summed E-state index contributed by atoms with van der Waals surface area (Å²) in [7, 11) is 0. The molecular weight excluding hydrogens is 278 g/mol. The molecule has 1 heterocycles. The van der Waals surface area contributed by atoms with Crippen molar-refractivity contribution in [3.05, 3.63) is 29.3 Å². The van der Waals surface area contributed by atoms with Crippen LogP contribution in [0, 0.1) is 0 Å². The average Bonchev–Trinajstić information content (AvgIpc) is 2.39. The molecule has 0 bridgehead atoms. The number of hydrogen-bond donors (Lipinski definition) is 1. The first-order valence-electron chi connectivity index (χ1n) is 6.63. The first-order chi connectivity index (χ1) is 9.08. The van der Waals surface area contributed by atoms with Crippen LogP contribution in [-0.4, -0.2) is 42.2 Å². The largest absolute Gasteiger partial charge is 0.367 e. The minimum atomic E-state index is 0.383. The highest BCUT2D eigenvalue weighted by molar-refractivity contribution is 7.80. The number of piperazine rings is 1. The molecule has 1 aliphatic heterocycles. The zero-order chi connectivity index (χ0) is 13.8. The van der Waals surface area contributed by atoms with E-state index in [1.54, 1.807) is 0 Å². The molecule has 1 fully saturated rings. The average molecular weight is 298 g/mol. The summed E-state index contributed by atoms with van der Waals surface area (Å²) in [6.45, 7) is 7.97. The van der Waals surface area contributed by atoms with E-state index in [9.17, 15) is 0 Å². The molecule has 104 valence electrons. The van der Waals surface area contributed by atoms with Gasteiger partial charge < -0.3 is 15.1 Å². The Bertz CT molecular complexity index is 442. The van der Waals surface area contributed by atoms with Crippen LogP contribution in [0.1, 0.15) is 13.8 Å². The highest BCUT2D eigenvalue weighted by Gasteiger charge is 2.20. The summed E-state index contributed by atoms with van der Waals surface area (Å²) in [5.74, 6) is 0. The molecule has 1 aromatic carbocycles. The van der Waals surface area contributed by atoms with Gasteiger partial charge in [0, 0.05) is 32.2 Å². The van der Waals surface area contributed by atoms with Crippen molar-refractivity contribution in [3.63, 3.8) is 0 Å². The molecule has 0 spiro atoms. The fourth-order valence-electron chi connectivity index (χ4n) is 2.20. The van der Waals surface area contributed by atoms with Crippen LogP contribution in [0.3, 0.4) is 0 Å². The number of thiocarbonyl (C=S) groups is 1. The van der Waals surface area contributed by atoms with Gasteiger partial charge in [-0.25, -0.2) is 0 Å². The third-order valence-electron chi connectivity index (χ3n) is 3.17. The molecule has 2 rings (SSSR count). The lowest BCUT2D eigenvalue weighted by Crippen LogP contribution is -2.52. The van der Waals surface area contributed by atoms with Gasteiger partial charge in [-0.05, 0) is 38.2 Å². The molecule has 0 radical (unpaired) electrons. The van der Waals surface area contributed by atoms with E-state index >= 15 is 0 Å². The zero-order valence-corrected chi connectivity index (χ0v) is 13.0. The van der Waals surface area contributed by atoms with Crippen molar-refractivity contribution in [2.24, 2.45) is 0 Å². The highest BCUT2D eigenvalue weighted by Crippen LogP contribution is 2.25. The molecule has 1 aliphatic rings. The van der Waals surface area contributed by atoms with Crippen molar-refractivity contribution >= 4 is 34.6 Å². The van der Waals surface area contributed by atoms with E-state index in [1.165, 1.54) is 0 Å². The van der Waals surface area contributed by atoms with Crippen molar-refractivity contribution in [3.8, 4) is 0 Å². The fraction of sp³-hybridized carbons (Fsp3) is 0.500. The van der Waals surface area contributed by atoms with E-state index < -0.39 is 0 Å². The van der Waals surface area contributed by atoms with Crippen molar-refractivity contribution in [2.45, 2.75) is 19.9 Å². The number of nitrogens with one attached hydrogen (secondary N) is 1. The van der Waals surface area contributed by atoms with Crippen LogP contribution >= 0.6 is 23.8 Å². The molecule has 1 N–H and O–H groups in total. The van der Waals surface area contributed by atoms with Crippen LogP contribution in [0.5, 0.6) is 0 Å². The second kappa shape index (κ2) is 6.44. The molecule has 3 nitrogen and oxygen atoms in total. The van der Waals surface area contributed by atoms with Gasteiger partial charge in [-0.3, -0.25) is 0 Å².